The molecule has 0 saturated carbocycles. The van der Waals surface area contributed by atoms with Crippen molar-refractivity contribution in [3.8, 4) is 0 Å². The molecule has 0 atom stereocenters. The van der Waals surface area contributed by atoms with Crippen LogP contribution in [0.2, 0.25) is 0 Å². The Morgan fingerprint density at radius 1 is 1.46 bits per heavy atom. The Balaban J connectivity index is 2.55. The van der Waals surface area contributed by atoms with Gasteiger partial charge in [-0.2, -0.15) is 0 Å². The van der Waals surface area contributed by atoms with Crippen LogP contribution in [0.4, 0.5) is 0 Å². The summed E-state index contributed by atoms with van der Waals surface area (Å²) in [5.41, 5.74) is 8.36. The van der Waals surface area contributed by atoms with E-state index in [-0.39, 0.29) is 0 Å². The SMILES string of the molecule is Cc1cccc2oc(CCN)nc12. The van der Waals surface area contributed by atoms with Gasteiger partial charge < -0.3 is 10.2 Å². The molecule has 2 N–H and O–H groups in total. The van der Waals surface area contributed by atoms with Crippen molar-refractivity contribution >= 4 is 11.1 Å². The first-order valence-electron chi connectivity index (χ1n) is 4.36. The number of fused-ring (bicyclic) bond motifs is 1. The van der Waals surface area contributed by atoms with Crippen molar-refractivity contribution < 1.29 is 4.42 Å². The molecule has 0 unspecified atom stereocenters. The molecular formula is C10H12N2O. The Morgan fingerprint density at radius 2 is 2.31 bits per heavy atom. The minimum atomic E-state index is 0.575. The summed E-state index contributed by atoms with van der Waals surface area (Å²) in [6.45, 7) is 2.60. The summed E-state index contributed by atoms with van der Waals surface area (Å²) in [5, 5.41) is 0. The zero-order valence-corrected chi connectivity index (χ0v) is 7.58. The lowest BCUT2D eigenvalue weighted by Crippen LogP contribution is -2.02. The first kappa shape index (κ1) is 8.26. The first-order chi connectivity index (χ1) is 6.31. The average molecular weight is 176 g/mol. The zero-order chi connectivity index (χ0) is 9.26. The van der Waals surface area contributed by atoms with Gasteiger partial charge in [-0.1, -0.05) is 12.1 Å². The smallest absolute Gasteiger partial charge is 0.196 e. The lowest BCUT2D eigenvalue weighted by Gasteiger charge is -1.88. The maximum absolute atomic E-state index is 5.50. The summed E-state index contributed by atoms with van der Waals surface area (Å²) in [4.78, 5) is 4.36. The van der Waals surface area contributed by atoms with E-state index in [2.05, 4.69) is 4.98 Å². The van der Waals surface area contributed by atoms with Crippen molar-refractivity contribution in [2.45, 2.75) is 13.3 Å². The number of aryl methyl sites for hydroxylation is 1. The van der Waals surface area contributed by atoms with Crippen molar-refractivity contribution in [2.75, 3.05) is 6.54 Å². The molecule has 2 aromatic rings. The largest absolute Gasteiger partial charge is 0.441 e. The van der Waals surface area contributed by atoms with Crippen LogP contribution < -0.4 is 5.73 Å². The lowest BCUT2D eigenvalue weighted by atomic mass is 10.2. The maximum atomic E-state index is 5.50. The third-order valence-corrected chi connectivity index (χ3v) is 2.02. The van der Waals surface area contributed by atoms with Gasteiger partial charge in [0.2, 0.25) is 0 Å². The van der Waals surface area contributed by atoms with Crippen LogP contribution in [0.1, 0.15) is 11.5 Å². The van der Waals surface area contributed by atoms with Crippen molar-refractivity contribution in [2.24, 2.45) is 5.73 Å². The predicted octanol–water partition coefficient (Wildman–Crippen LogP) is 1.64. The molecule has 2 rings (SSSR count). The van der Waals surface area contributed by atoms with Gasteiger partial charge in [0, 0.05) is 13.0 Å². The normalized spacial score (nSPS) is 10.9. The molecule has 0 saturated heterocycles. The number of para-hydroxylation sites is 1. The molecule has 1 aromatic heterocycles. The molecule has 0 bridgehead atoms. The van der Waals surface area contributed by atoms with Crippen LogP contribution in [0, 0.1) is 6.92 Å². The molecule has 68 valence electrons. The topological polar surface area (TPSA) is 52.0 Å². The van der Waals surface area contributed by atoms with E-state index in [4.69, 9.17) is 10.2 Å². The Labute approximate surface area is 76.6 Å². The molecule has 0 aliphatic rings. The molecule has 1 heterocycles. The van der Waals surface area contributed by atoms with Gasteiger partial charge >= 0.3 is 0 Å². The number of benzene rings is 1. The number of rotatable bonds is 2. The van der Waals surface area contributed by atoms with Crippen LogP contribution in [0.25, 0.3) is 11.1 Å². The van der Waals surface area contributed by atoms with Crippen LogP contribution >= 0.6 is 0 Å². The van der Waals surface area contributed by atoms with Crippen LogP contribution in [0.5, 0.6) is 0 Å². The quantitative estimate of drug-likeness (QED) is 0.756. The molecule has 0 aliphatic heterocycles. The van der Waals surface area contributed by atoms with Gasteiger partial charge in [-0.3, -0.25) is 0 Å². The second-order valence-corrected chi connectivity index (χ2v) is 3.07. The highest BCUT2D eigenvalue weighted by Gasteiger charge is 2.05. The van der Waals surface area contributed by atoms with Gasteiger partial charge in [0.05, 0.1) is 0 Å². The van der Waals surface area contributed by atoms with Crippen molar-refractivity contribution in [1.82, 2.24) is 4.98 Å². The van der Waals surface area contributed by atoms with E-state index < -0.39 is 0 Å². The van der Waals surface area contributed by atoms with Crippen molar-refractivity contribution in [1.29, 1.82) is 0 Å². The second kappa shape index (κ2) is 3.18. The molecular weight excluding hydrogens is 164 g/mol. The summed E-state index contributed by atoms with van der Waals surface area (Å²) in [6, 6.07) is 5.92. The summed E-state index contributed by atoms with van der Waals surface area (Å²) >= 11 is 0. The van der Waals surface area contributed by atoms with Crippen LogP contribution in [0.15, 0.2) is 22.6 Å². The Bertz CT molecular complexity index is 420. The van der Waals surface area contributed by atoms with Crippen molar-refractivity contribution in [3.63, 3.8) is 0 Å². The monoisotopic (exact) mass is 176 g/mol. The summed E-state index contributed by atoms with van der Waals surface area (Å²) in [6.07, 6.45) is 0.703. The van der Waals surface area contributed by atoms with Crippen LogP contribution in [-0.4, -0.2) is 11.5 Å². The molecule has 13 heavy (non-hydrogen) atoms. The van der Waals surface area contributed by atoms with E-state index in [9.17, 15) is 0 Å². The molecule has 0 amide bonds. The minimum Gasteiger partial charge on any atom is -0.441 e. The highest BCUT2D eigenvalue weighted by Crippen LogP contribution is 2.18. The third kappa shape index (κ3) is 1.42. The van der Waals surface area contributed by atoms with Crippen LogP contribution in [-0.2, 0) is 6.42 Å². The summed E-state index contributed by atoms with van der Waals surface area (Å²) < 4.78 is 5.50. The first-order valence-corrected chi connectivity index (χ1v) is 4.36. The average Bonchev–Trinajstić information content (AvgIpc) is 2.49. The van der Waals surface area contributed by atoms with E-state index in [1.54, 1.807) is 0 Å². The lowest BCUT2D eigenvalue weighted by molar-refractivity contribution is 0.531. The molecule has 0 spiro atoms. The standard InChI is InChI=1S/C10H12N2O/c1-7-3-2-4-8-10(7)12-9(13-8)5-6-11/h2-4H,5-6,11H2,1H3. The number of aromatic nitrogens is 1. The number of hydrogen-bond acceptors (Lipinski definition) is 3. The van der Waals surface area contributed by atoms with E-state index in [1.807, 2.05) is 25.1 Å². The number of hydrogen-bond donors (Lipinski definition) is 1. The predicted molar refractivity (Wildman–Crippen MR) is 51.5 cm³/mol. The van der Waals surface area contributed by atoms with Gasteiger partial charge in [0.25, 0.3) is 0 Å². The molecule has 0 fully saturated rings. The fourth-order valence-electron chi connectivity index (χ4n) is 1.36. The van der Waals surface area contributed by atoms with Gasteiger partial charge in [-0.15, -0.1) is 0 Å². The molecule has 0 aliphatic carbocycles. The molecule has 3 nitrogen and oxygen atoms in total. The van der Waals surface area contributed by atoms with Gasteiger partial charge in [0.15, 0.2) is 11.5 Å². The van der Waals surface area contributed by atoms with E-state index in [0.717, 1.165) is 22.6 Å². The minimum absolute atomic E-state index is 0.575. The van der Waals surface area contributed by atoms with Gasteiger partial charge in [0.1, 0.15) is 5.52 Å². The molecule has 1 aromatic carbocycles. The highest BCUT2D eigenvalue weighted by molar-refractivity contribution is 5.76. The highest BCUT2D eigenvalue weighted by atomic mass is 16.3. The Kier molecular flexibility index (Phi) is 2.02. The number of nitrogens with zero attached hydrogens (tertiary/aromatic N) is 1. The number of oxazole rings is 1. The Hall–Kier alpha value is -1.35. The number of nitrogens with two attached hydrogens (primary N) is 1. The molecule has 0 radical (unpaired) electrons. The van der Waals surface area contributed by atoms with E-state index in [1.165, 1.54) is 0 Å². The van der Waals surface area contributed by atoms with E-state index >= 15 is 0 Å². The van der Waals surface area contributed by atoms with E-state index in [0.29, 0.717) is 13.0 Å². The van der Waals surface area contributed by atoms with Gasteiger partial charge in [-0.25, -0.2) is 4.98 Å². The second-order valence-electron chi connectivity index (χ2n) is 3.07. The fraction of sp³-hybridized carbons (Fsp3) is 0.300. The Morgan fingerprint density at radius 3 is 3.00 bits per heavy atom. The zero-order valence-electron chi connectivity index (χ0n) is 7.58. The van der Waals surface area contributed by atoms with Gasteiger partial charge in [-0.05, 0) is 18.6 Å². The van der Waals surface area contributed by atoms with Crippen LogP contribution in [0.3, 0.4) is 0 Å². The molecule has 3 heteroatoms. The summed E-state index contributed by atoms with van der Waals surface area (Å²) in [7, 11) is 0. The maximum Gasteiger partial charge on any atom is 0.196 e. The third-order valence-electron chi connectivity index (χ3n) is 2.02. The summed E-state index contributed by atoms with van der Waals surface area (Å²) in [5.74, 6) is 0.729. The van der Waals surface area contributed by atoms with Crippen molar-refractivity contribution in [3.05, 3.63) is 29.7 Å². The fourth-order valence-corrected chi connectivity index (χ4v) is 1.36.